The number of benzene rings is 3. The van der Waals surface area contributed by atoms with E-state index in [9.17, 15) is 18.7 Å². The molecule has 0 spiro atoms. The second-order valence-corrected chi connectivity index (χ2v) is 11.5. The molecule has 0 aliphatic rings. The van der Waals surface area contributed by atoms with Crippen molar-refractivity contribution >= 4 is 26.2 Å². The summed E-state index contributed by atoms with van der Waals surface area (Å²) in [7, 11) is -5.54. The normalized spacial score (nSPS) is 13.8. The number of ether oxygens (including phenoxy) is 3. The van der Waals surface area contributed by atoms with E-state index in [0.29, 0.717) is 0 Å². The number of methoxy groups -OCH3 is 3. The fourth-order valence-electron chi connectivity index (χ4n) is 3.65. The number of para-hydroxylation sites is 2. The lowest BCUT2D eigenvalue weighted by Gasteiger charge is -2.23. The predicted octanol–water partition coefficient (Wildman–Crippen LogP) is 6.61. The van der Waals surface area contributed by atoms with Gasteiger partial charge in [0.15, 0.2) is 0 Å². The topological polar surface area (TPSA) is 133 Å². The van der Waals surface area contributed by atoms with Crippen molar-refractivity contribution in [3.8, 4) is 28.7 Å². The van der Waals surface area contributed by atoms with Crippen molar-refractivity contribution in [3.63, 3.8) is 0 Å². The third-order valence-electron chi connectivity index (χ3n) is 5.31. The van der Waals surface area contributed by atoms with Crippen molar-refractivity contribution in [1.29, 1.82) is 0 Å². The van der Waals surface area contributed by atoms with Crippen molar-refractivity contribution < 1.29 is 51.0 Å². The molecule has 0 radical (unpaired) electrons. The fraction of sp³-hybridized carbons (Fsp3) is 0.259. The minimum Gasteiger partial charge on any atom is -0.496 e. The summed E-state index contributed by atoms with van der Waals surface area (Å²) < 4.78 is 65.8. The number of rotatable bonds is 15. The van der Waals surface area contributed by atoms with Crippen molar-refractivity contribution in [3.05, 3.63) is 77.9 Å². The van der Waals surface area contributed by atoms with E-state index >= 15 is 0 Å². The van der Waals surface area contributed by atoms with Gasteiger partial charge < -0.3 is 23.3 Å². The molecule has 0 aromatic heterocycles. The van der Waals surface area contributed by atoms with Crippen LogP contribution in [0.15, 0.2) is 66.7 Å². The monoisotopic (exact) mass is 592 g/mol. The third kappa shape index (κ3) is 6.57. The first-order valence-electron chi connectivity index (χ1n) is 12.1. The summed E-state index contributed by atoms with van der Waals surface area (Å²) in [5, 5.41) is 0. The zero-order valence-electron chi connectivity index (χ0n) is 22.7. The van der Waals surface area contributed by atoms with Crippen LogP contribution in [0, 0.1) is 0 Å². The highest BCUT2D eigenvalue weighted by atomic mass is 31.2. The van der Waals surface area contributed by atoms with Gasteiger partial charge in [0.25, 0.3) is 11.0 Å². The summed E-state index contributed by atoms with van der Waals surface area (Å²) in [4.78, 5) is 27.8. The molecule has 0 saturated heterocycles. The van der Waals surface area contributed by atoms with E-state index in [1.54, 1.807) is 36.4 Å². The smallest absolute Gasteiger partial charge is 0.451 e. The minimum absolute atomic E-state index is 0.104. The Labute approximate surface area is 232 Å². The molecule has 13 heteroatoms. The molecule has 3 rings (SSSR count). The summed E-state index contributed by atoms with van der Waals surface area (Å²) in [6.45, 7) is 2.77. The van der Waals surface area contributed by atoms with E-state index in [-0.39, 0.29) is 36.2 Å². The van der Waals surface area contributed by atoms with Gasteiger partial charge >= 0.3 is 15.2 Å². The second-order valence-electron chi connectivity index (χ2n) is 7.81. The van der Waals surface area contributed by atoms with Gasteiger partial charge in [-0.05, 0) is 38.1 Å². The van der Waals surface area contributed by atoms with Gasteiger partial charge in [0.2, 0.25) is 0 Å². The third-order valence-corrected chi connectivity index (χ3v) is 8.85. The second kappa shape index (κ2) is 13.6. The Balaban J connectivity index is 2.24. The van der Waals surface area contributed by atoms with E-state index < -0.39 is 43.1 Å². The van der Waals surface area contributed by atoms with Gasteiger partial charge in [0.1, 0.15) is 39.9 Å². The van der Waals surface area contributed by atoms with Gasteiger partial charge in [-0.2, -0.15) is 0 Å². The van der Waals surface area contributed by atoms with E-state index in [1.807, 2.05) is 0 Å². The molecule has 2 atom stereocenters. The van der Waals surface area contributed by atoms with Gasteiger partial charge in [0, 0.05) is 6.07 Å². The maximum Gasteiger partial charge on any atom is 0.451 e. The molecule has 0 aliphatic carbocycles. The summed E-state index contributed by atoms with van der Waals surface area (Å²) >= 11 is 0. The van der Waals surface area contributed by atoms with Crippen LogP contribution in [-0.4, -0.2) is 45.6 Å². The highest BCUT2D eigenvalue weighted by molar-refractivity contribution is 7.73. The molecule has 40 heavy (non-hydrogen) atoms. The number of carbonyl (C=O) groups excluding carboxylic acids is 2. The zero-order valence-corrected chi connectivity index (χ0v) is 24.4. The van der Waals surface area contributed by atoms with Crippen LogP contribution in [0.4, 0.5) is 0 Å². The average Bonchev–Trinajstić information content (AvgIpc) is 2.96. The lowest BCUT2D eigenvalue weighted by molar-refractivity contribution is 0.101. The SMILES string of the molecule is CCOP(=O)(Oc1ccccc1)C(=O)c1c(OC)cc(OC)c(C(=O)P(=O)(OCC)Oc2ccccc2)c1OC. The van der Waals surface area contributed by atoms with Gasteiger partial charge in [0.05, 0.1) is 34.5 Å². The Kier molecular flexibility index (Phi) is 10.5. The summed E-state index contributed by atoms with van der Waals surface area (Å²) in [6.07, 6.45) is 0. The van der Waals surface area contributed by atoms with Crippen LogP contribution in [0.25, 0.3) is 0 Å². The average molecular weight is 592 g/mol. The van der Waals surface area contributed by atoms with Crippen molar-refractivity contribution in [2.75, 3.05) is 34.5 Å². The molecule has 0 fully saturated rings. The van der Waals surface area contributed by atoms with Gasteiger partial charge in [-0.3, -0.25) is 18.6 Å². The molecule has 0 aliphatic heterocycles. The van der Waals surface area contributed by atoms with Gasteiger partial charge in [-0.15, -0.1) is 0 Å². The molecular formula is C27H30O11P2. The van der Waals surface area contributed by atoms with E-state index in [0.717, 1.165) is 7.11 Å². The van der Waals surface area contributed by atoms with E-state index in [4.69, 9.17) is 32.3 Å². The first-order chi connectivity index (χ1) is 19.2. The highest BCUT2D eigenvalue weighted by Crippen LogP contribution is 2.58. The minimum atomic E-state index is -4.60. The quantitative estimate of drug-likeness (QED) is 0.177. The van der Waals surface area contributed by atoms with E-state index in [2.05, 4.69) is 0 Å². The van der Waals surface area contributed by atoms with Crippen LogP contribution in [-0.2, 0) is 18.2 Å². The van der Waals surface area contributed by atoms with Crippen molar-refractivity contribution in [1.82, 2.24) is 0 Å². The van der Waals surface area contributed by atoms with Crippen LogP contribution in [0.2, 0.25) is 0 Å². The Morgan fingerprint density at radius 3 is 1.30 bits per heavy atom. The molecule has 0 heterocycles. The van der Waals surface area contributed by atoms with Crippen molar-refractivity contribution in [2.24, 2.45) is 0 Å². The Morgan fingerprint density at radius 2 is 1.00 bits per heavy atom. The summed E-state index contributed by atoms with van der Waals surface area (Å²) in [6, 6.07) is 17.1. The molecule has 0 N–H and O–H groups in total. The van der Waals surface area contributed by atoms with Crippen LogP contribution < -0.4 is 23.3 Å². The Bertz CT molecular complexity index is 1320. The molecule has 3 aromatic rings. The molecule has 214 valence electrons. The lowest BCUT2D eigenvalue weighted by Crippen LogP contribution is -2.17. The molecule has 3 aromatic carbocycles. The molecular weight excluding hydrogens is 562 g/mol. The van der Waals surface area contributed by atoms with Crippen molar-refractivity contribution in [2.45, 2.75) is 13.8 Å². The first kappa shape index (κ1) is 30.9. The molecule has 11 nitrogen and oxygen atoms in total. The Morgan fingerprint density at radius 1 is 0.625 bits per heavy atom. The van der Waals surface area contributed by atoms with Crippen LogP contribution in [0.1, 0.15) is 34.6 Å². The maximum atomic E-state index is 13.9. The molecule has 0 amide bonds. The zero-order chi connectivity index (χ0) is 29.3. The largest absolute Gasteiger partial charge is 0.496 e. The fourth-order valence-corrected chi connectivity index (χ4v) is 6.61. The molecule has 2 unspecified atom stereocenters. The maximum absolute atomic E-state index is 13.9. The lowest BCUT2D eigenvalue weighted by atomic mass is 10.1. The van der Waals surface area contributed by atoms with Crippen LogP contribution >= 0.6 is 15.2 Å². The predicted molar refractivity (Wildman–Crippen MR) is 147 cm³/mol. The van der Waals surface area contributed by atoms with Crippen LogP contribution in [0.5, 0.6) is 28.7 Å². The number of carbonyl (C=O) groups is 2. The standard InChI is InChI=1S/C27H30O11P2/c1-6-35-39(30,37-19-14-10-8-11-15-19)26(28)23-21(32-3)18-22(33-4)24(25(23)34-5)27(29)40(31,36-7-2)38-20-16-12-9-13-17-20/h8-18H,6-7H2,1-5H3. The highest BCUT2D eigenvalue weighted by Gasteiger charge is 2.46. The first-order valence-corrected chi connectivity index (χ1v) is 15.2. The number of hydrogen-bond donors (Lipinski definition) is 0. The summed E-state index contributed by atoms with van der Waals surface area (Å²) in [5.41, 5.74) is -3.24. The van der Waals surface area contributed by atoms with E-state index in [1.165, 1.54) is 58.4 Å². The van der Waals surface area contributed by atoms with Gasteiger partial charge in [-0.1, -0.05) is 36.4 Å². The summed E-state index contributed by atoms with van der Waals surface area (Å²) in [5.74, 6) is -0.566. The molecule has 0 bridgehead atoms. The Hall–Kier alpha value is -3.62. The number of hydrogen-bond acceptors (Lipinski definition) is 11. The van der Waals surface area contributed by atoms with Crippen LogP contribution in [0.3, 0.4) is 0 Å². The molecule has 0 saturated carbocycles. The van der Waals surface area contributed by atoms with Gasteiger partial charge in [-0.25, -0.2) is 9.13 Å².